The highest BCUT2D eigenvalue weighted by Gasteiger charge is 2.35. The van der Waals surface area contributed by atoms with E-state index in [4.69, 9.17) is 4.74 Å². The van der Waals surface area contributed by atoms with Crippen LogP contribution in [0.5, 0.6) is 0 Å². The van der Waals surface area contributed by atoms with E-state index in [0.29, 0.717) is 19.8 Å². The van der Waals surface area contributed by atoms with Gasteiger partial charge in [0.15, 0.2) is 18.5 Å². The van der Waals surface area contributed by atoms with Gasteiger partial charge >= 0.3 is 17.9 Å². The highest BCUT2D eigenvalue weighted by Crippen LogP contribution is 2.18. The van der Waals surface area contributed by atoms with E-state index >= 15 is 0 Å². The van der Waals surface area contributed by atoms with Crippen molar-refractivity contribution in [3.8, 4) is 0 Å². The fourth-order valence-electron chi connectivity index (χ4n) is 1.52. The monoisotopic (exact) mass is 264 g/mol. The van der Waals surface area contributed by atoms with Crippen LogP contribution in [0.3, 0.4) is 0 Å². The molecular weight excluding hydrogens is 250 g/mol. The molecule has 0 aromatic heterocycles. The Hall–Kier alpha value is -1.53. The third-order valence-electron chi connectivity index (χ3n) is 2.45. The molecule has 0 N–H and O–H groups in total. The number of carbonyl (C=O) groups excluding carboxylic acids is 3. The fourth-order valence-corrected chi connectivity index (χ4v) is 1.52. The first-order valence-electron chi connectivity index (χ1n) is 5.58. The van der Waals surface area contributed by atoms with Crippen LogP contribution in [0.2, 0.25) is 0 Å². The van der Waals surface area contributed by atoms with Crippen molar-refractivity contribution >= 4 is 17.7 Å². The minimum Gasteiger partial charge on any atom is -0.452 e. The smallest absolute Gasteiger partial charge is 0.377 e. The summed E-state index contributed by atoms with van der Waals surface area (Å²) in [5, 5.41) is 0. The third kappa shape index (κ3) is 4.38. The van der Waals surface area contributed by atoms with Gasteiger partial charge in [0.05, 0.1) is 0 Å². The van der Waals surface area contributed by atoms with Crippen LogP contribution in [0, 0.1) is 0 Å². The van der Waals surface area contributed by atoms with E-state index in [1.807, 2.05) is 0 Å². The summed E-state index contributed by atoms with van der Waals surface area (Å²) >= 11 is 0. The second-order valence-electron chi connectivity index (χ2n) is 4.16. The normalized spacial score (nSPS) is 20.4. The van der Waals surface area contributed by atoms with Gasteiger partial charge in [0.1, 0.15) is 0 Å². The largest absolute Gasteiger partial charge is 0.452 e. The first-order valence-corrected chi connectivity index (χ1v) is 5.58. The van der Waals surface area contributed by atoms with Gasteiger partial charge in [-0.15, -0.1) is 0 Å². The van der Waals surface area contributed by atoms with Crippen molar-refractivity contribution in [1.29, 1.82) is 0 Å². The van der Waals surface area contributed by atoms with Crippen LogP contribution in [0.1, 0.15) is 32.6 Å². The highest BCUT2D eigenvalue weighted by molar-refractivity contribution is 5.87. The molecule has 1 aliphatic rings. The van der Waals surface area contributed by atoms with Crippen molar-refractivity contribution in [2.75, 3.05) is 6.61 Å². The first-order chi connectivity index (χ1) is 8.30. The number of halogens is 2. The van der Waals surface area contributed by atoms with Crippen LogP contribution in [0.15, 0.2) is 0 Å². The molecule has 1 saturated carbocycles. The zero-order chi connectivity index (χ0) is 13.8. The molecule has 0 amide bonds. The van der Waals surface area contributed by atoms with Gasteiger partial charge in [-0.25, -0.2) is 9.59 Å². The zero-order valence-electron chi connectivity index (χ0n) is 9.91. The second-order valence-corrected chi connectivity index (χ2v) is 4.16. The first kappa shape index (κ1) is 14.5. The van der Waals surface area contributed by atoms with Crippen LogP contribution in [-0.4, -0.2) is 36.4 Å². The van der Waals surface area contributed by atoms with Gasteiger partial charge in [-0.3, -0.25) is 4.79 Å². The van der Waals surface area contributed by atoms with Crippen LogP contribution < -0.4 is 0 Å². The molecule has 0 aromatic carbocycles. The molecule has 0 saturated heterocycles. The molecule has 1 fully saturated rings. The predicted octanol–water partition coefficient (Wildman–Crippen LogP) is 1.24. The maximum Gasteiger partial charge on any atom is 0.377 e. The van der Waals surface area contributed by atoms with E-state index in [0.717, 1.165) is 12.8 Å². The molecule has 0 heterocycles. The molecule has 0 aromatic rings. The number of ether oxygens (including phenoxy) is 2. The van der Waals surface area contributed by atoms with Crippen molar-refractivity contribution in [2.45, 2.75) is 44.6 Å². The Balaban J connectivity index is 2.33. The van der Waals surface area contributed by atoms with Gasteiger partial charge in [-0.1, -0.05) is 0 Å². The molecule has 18 heavy (non-hydrogen) atoms. The summed E-state index contributed by atoms with van der Waals surface area (Å²) in [5.74, 6) is -6.63. The molecule has 7 heteroatoms. The second kappa shape index (κ2) is 5.88. The number of rotatable bonds is 4. The average molecular weight is 264 g/mol. The Bertz CT molecular complexity index is 348. The van der Waals surface area contributed by atoms with Crippen LogP contribution >= 0.6 is 0 Å². The lowest BCUT2D eigenvalue weighted by Crippen LogP contribution is -2.33. The van der Waals surface area contributed by atoms with Crippen LogP contribution in [0.4, 0.5) is 8.78 Å². The lowest BCUT2D eigenvalue weighted by Gasteiger charge is -2.20. The van der Waals surface area contributed by atoms with Gasteiger partial charge in [0, 0.05) is 13.3 Å². The maximum atomic E-state index is 12.4. The Kier molecular flexibility index (Phi) is 4.75. The third-order valence-corrected chi connectivity index (χ3v) is 2.45. The summed E-state index contributed by atoms with van der Waals surface area (Å²) < 4.78 is 33.6. The van der Waals surface area contributed by atoms with Crippen LogP contribution in [0.25, 0.3) is 0 Å². The SMILES string of the molecule is CC(F)(F)C(=O)OCC(=O)OC1CCCCC1=O. The van der Waals surface area contributed by atoms with Crippen molar-refractivity contribution in [3.05, 3.63) is 0 Å². The summed E-state index contributed by atoms with van der Waals surface area (Å²) in [7, 11) is 0. The van der Waals surface area contributed by atoms with Crippen molar-refractivity contribution in [3.63, 3.8) is 0 Å². The number of hydrogen-bond donors (Lipinski definition) is 0. The summed E-state index contributed by atoms with van der Waals surface area (Å²) in [6.07, 6.45) is 1.43. The number of alkyl halides is 2. The molecular formula is C11H14F2O5. The molecule has 1 rings (SSSR count). The Morgan fingerprint density at radius 2 is 2.06 bits per heavy atom. The molecule has 102 valence electrons. The maximum absolute atomic E-state index is 12.4. The summed E-state index contributed by atoms with van der Waals surface area (Å²) in [5.41, 5.74) is 0. The number of esters is 2. The number of Topliss-reactive ketones (excluding diaryl/α,β-unsaturated/α-hetero) is 1. The Labute approximate surface area is 102 Å². The minimum absolute atomic E-state index is 0.193. The Morgan fingerprint density at radius 3 is 2.61 bits per heavy atom. The molecule has 0 bridgehead atoms. The molecule has 0 radical (unpaired) electrons. The van der Waals surface area contributed by atoms with E-state index in [9.17, 15) is 23.2 Å². The fraction of sp³-hybridized carbons (Fsp3) is 0.727. The minimum atomic E-state index is -3.65. The predicted molar refractivity (Wildman–Crippen MR) is 54.9 cm³/mol. The van der Waals surface area contributed by atoms with Gasteiger partial charge in [-0.2, -0.15) is 8.78 Å². The number of carbonyl (C=O) groups is 3. The summed E-state index contributed by atoms with van der Waals surface area (Å²) in [6, 6.07) is 0. The molecule has 1 atom stereocenters. The molecule has 1 unspecified atom stereocenters. The van der Waals surface area contributed by atoms with Crippen molar-refractivity contribution in [2.24, 2.45) is 0 Å². The number of ketones is 1. The zero-order valence-corrected chi connectivity index (χ0v) is 9.91. The van der Waals surface area contributed by atoms with Crippen molar-refractivity contribution < 1.29 is 32.6 Å². The molecule has 0 aliphatic heterocycles. The average Bonchev–Trinajstić information content (AvgIpc) is 2.27. The van der Waals surface area contributed by atoms with E-state index in [1.165, 1.54) is 0 Å². The standard InChI is InChI=1S/C11H14F2O5/c1-11(12,13)10(16)17-6-9(15)18-8-5-3-2-4-7(8)14/h8H,2-6H2,1H3. The molecule has 5 nitrogen and oxygen atoms in total. The van der Waals surface area contributed by atoms with Gasteiger partial charge in [0.25, 0.3) is 0 Å². The summed E-state index contributed by atoms with van der Waals surface area (Å²) in [6.45, 7) is -0.544. The quantitative estimate of drug-likeness (QED) is 0.714. The summed E-state index contributed by atoms with van der Waals surface area (Å²) in [4.78, 5) is 33.2. The molecule has 0 spiro atoms. The highest BCUT2D eigenvalue weighted by atomic mass is 19.3. The number of hydrogen-bond acceptors (Lipinski definition) is 5. The van der Waals surface area contributed by atoms with Gasteiger partial charge in [0.2, 0.25) is 0 Å². The van der Waals surface area contributed by atoms with Gasteiger partial charge in [-0.05, 0) is 19.3 Å². The van der Waals surface area contributed by atoms with E-state index in [2.05, 4.69) is 4.74 Å². The van der Waals surface area contributed by atoms with Crippen molar-refractivity contribution in [1.82, 2.24) is 0 Å². The van der Waals surface area contributed by atoms with E-state index in [1.54, 1.807) is 0 Å². The van der Waals surface area contributed by atoms with Gasteiger partial charge < -0.3 is 9.47 Å². The van der Waals surface area contributed by atoms with E-state index < -0.39 is 30.6 Å². The Morgan fingerprint density at radius 1 is 1.39 bits per heavy atom. The molecule has 1 aliphatic carbocycles. The topological polar surface area (TPSA) is 69.7 Å². The lowest BCUT2D eigenvalue weighted by atomic mass is 9.96. The van der Waals surface area contributed by atoms with E-state index in [-0.39, 0.29) is 5.78 Å². The lowest BCUT2D eigenvalue weighted by molar-refractivity contribution is -0.177. The van der Waals surface area contributed by atoms with Crippen LogP contribution in [-0.2, 0) is 23.9 Å².